The van der Waals surface area contributed by atoms with Crippen LogP contribution in [0.5, 0.6) is 0 Å². The van der Waals surface area contributed by atoms with Crippen molar-refractivity contribution in [1.29, 1.82) is 0 Å². The predicted molar refractivity (Wildman–Crippen MR) is 216 cm³/mol. The Labute approximate surface area is 291 Å². The number of rotatable bonds is 5. The average molecular weight is 655 g/mol. The molecule has 0 bridgehead atoms. The van der Waals surface area contributed by atoms with Crippen LogP contribution in [-0.4, -0.2) is 0 Å². The lowest BCUT2D eigenvalue weighted by Gasteiger charge is -2.20. The normalized spacial score (nSPS) is 11.8. The predicted octanol–water partition coefficient (Wildman–Crippen LogP) is 12.1. The summed E-state index contributed by atoms with van der Waals surface area (Å²) in [5, 5.41) is 13.7. The zero-order valence-corrected chi connectivity index (χ0v) is 28.1. The van der Waals surface area contributed by atoms with Gasteiger partial charge in [0.15, 0.2) is 0 Å². The molecule has 0 saturated heterocycles. The number of fused-ring (bicyclic) bond motifs is 7. The van der Waals surface area contributed by atoms with E-state index in [1.165, 1.54) is 70.3 Å². The third kappa shape index (κ3) is 4.74. The smallest absolute Gasteiger partial charge is 0.143 e. The summed E-state index contributed by atoms with van der Waals surface area (Å²) >= 11 is 0. The maximum Gasteiger partial charge on any atom is 0.143 e. The zero-order valence-electron chi connectivity index (χ0n) is 27.3. The molecule has 0 aliphatic carbocycles. The van der Waals surface area contributed by atoms with Crippen LogP contribution in [0.1, 0.15) is 0 Å². The van der Waals surface area contributed by atoms with Gasteiger partial charge >= 0.3 is 0 Å². The molecule has 1 heterocycles. The second kappa shape index (κ2) is 11.8. The zero-order chi connectivity index (χ0) is 33.0. The van der Waals surface area contributed by atoms with Crippen LogP contribution in [0.4, 0.5) is 0 Å². The van der Waals surface area contributed by atoms with Gasteiger partial charge in [-0.2, -0.15) is 0 Å². The average Bonchev–Trinajstić information content (AvgIpc) is 3.56. The summed E-state index contributed by atoms with van der Waals surface area (Å²) in [6.07, 6.45) is 0. The van der Waals surface area contributed by atoms with E-state index >= 15 is 0 Å². The minimum absolute atomic E-state index is 0.710. The first-order chi connectivity index (χ1) is 24.8. The van der Waals surface area contributed by atoms with Crippen LogP contribution in [0, 0.1) is 0 Å². The summed E-state index contributed by atoms with van der Waals surface area (Å²) in [5.74, 6) is 0. The van der Waals surface area contributed by atoms with Crippen LogP contribution in [0.25, 0.3) is 76.5 Å². The van der Waals surface area contributed by atoms with E-state index in [-0.39, 0.29) is 0 Å². The van der Waals surface area contributed by atoms with Gasteiger partial charge in [-0.3, -0.25) is 0 Å². The van der Waals surface area contributed by atoms with Crippen LogP contribution in [0.2, 0.25) is 0 Å². The maximum absolute atomic E-state index is 6.85. The monoisotopic (exact) mass is 654 g/mol. The fraction of sp³-hybridized carbons (Fsp3) is 0. The molecule has 0 fully saturated rings. The summed E-state index contributed by atoms with van der Waals surface area (Å²) in [6, 6.07) is 68.5. The van der Waals surface area contributed by atoms with Crippen LogP contribution >= 0.6 is 7.92 Å². The summed E-state index contributed by atoms with van der Waals surface area (Å²) in [4.78, 5) is 0. The van der Waals surface area contributed by atoms with Crippen molar-refractivity contribution in [3.05, 3.63) is 188 Å². The van der Waals surface area contributed by atoms with Crippen LogP contribution in [0.15, 0.2) is 192 Å². The van der Waals surface area contributed by atoms with E-state index in [9.17, 15) is 0 Å². The standard InChI is InChI=1S/C48H31OP/c1-3-18-36(19-4-1)50(37-20-5-2-6-21-37)38-22-13-17-34(28-38)39-26-27-43(42-25-12-11-24-41(39)42)44-30-35-16-9-10-23-40(35)47-45-29-32-14-7-8-15-33(32)31-46(45)49-48(44)47/h1-31H. The van der Waals surface area contributed by atoms with Crippen molar-refractivity contribution in [1.82, 2.24) is 0 Å². The Kier molecular flexibility index (Phi) is 6.86. The first-order valence-corrected chi connectivity index (χ1v) is 18.4. The van der Waals surface area contributed by atoms with E-state index in [1.807, 2.05) is 0 Å². The van der Waals surface area contributed by atoms with Gasteiger partial charge in [-0.25, -0.2) is 0 Å². The van der Waals surface area contributed by atoms with E-state index < -0.39 is 7.92 Å². The molecule has 0 radical (unpaired) electrons. The van der Waals surface area contributed by atoms with Crippen molar-refractivity contribution in [2.24, 2.45) is 0 Å². The van der Waals surface area contributed by atoms with Gasteiger partial charge in [-0.1, -0.05) is 164 Å². The molecule has 234 valence electrons. The first kappa shape index (κ1) is 29.0. The lowest BCUT2D eigenvalue weighted by molar-refractivity contribution is 0.671. The second-order valence-corrected chi connectivity index (χ2v) is 15.1. The van der Waals surface area contributed by atoms with Crippen molar-refractivity contribution in [2.45, 2.75) is 0 Å². The summed E-state index contributed by atoms with van der Waals surface area (Å²) < 4.78 is 6.85. The first-order valence-electron chi connectivity index (χ1n) is 17.1. The summed E-state index contributed by atoms with van der Waals surface area (Å²) in [5.41, 5.74) is 6.61. The van der Waals surface area contributed by atoms with E-state index in [0.29, 0.717) is 0 Å². The molecule has 0 saturated carbocycles. The van der Waals surface area contributed by atoms with E-state index in [4.69, 9.17) is 4.42 Å². The highest BCUT2D eigenvalue weighted by atomic mass is 31.1. The fourth-order valence-corrected chi connectivity index (χ4v) is 10.0. The van der Waals surface area contributed by atoms with E-state index in [1.54, 1.807) is 0 Å². The van der Waals surface area contributed by atoms with Gasteiger partial charge in [0.2, 0.25) is 0 Å². The Bertz CT molecular complexity index is 2830. The molecule has 10 rings (SSSR count). The Morgan fingerprint density at radius 2 is 0.900 bits per heavy atom. The molecule has 2 heteroatoms. The number of hydrogen-bond donors (Lipinski definition) is 0. The number of furan rings is 1. The molecule has 0 N–H and O–H groups in total. The minimum Gasteiger partial charge on any atom is -0.455 e. The molecule has 10 aromatic rings. The lowest BCUT2D eigenvalue weighted by atomic mass is 9.90. The van der Waals surface area contributed by atoms with Crippen LogP contribution in [-0.2, 0) is 0 Å². The highest BCUT2D eigenvalue weighted by Crippen LogP contribution is 2.45. The molecule has 50 heavy (non-hydrogen) atoms. The van der Waals surface area contributed by atoms with Gasteiger partial charge in [0.05, 0.1) is 0 Å². The van der Waals surface area contributed by atoms with Crippen molar-refractivity contribution < 1.29 is 4.42 Å². The quantitative estimate of drug-likeness (QED) is 0.168. The van der Waals surface area contributed by atoms with Gasteiger partial charge in [-0.05, 0) is 97.1 Å². The molecule has 9 aromatic carbocycles. The number of hydrogen-bond acceptors (Lipinski definition) is 1. The van der Waals surface area contributed by atoms with Crippen molar-refractivity contribution in [3.8, 4) is 22.3 Å². The second-order valence-electron chi connectivity index (χ2n) is 12.9. The highest BCUT2D eigenvalue weighted by molar-refractivity contribution is 7.79. The van der Waals surface area contributed by atoms with Crippen molar-refractivity contribution in [2.75, 3.05) is 0 Å². The number of benzene rings is 9. The third-order valence-corrected chi connectivity index (χ3v) is 12.4. The molecule has 0 aliphatic heterocycles. The topological polar surface area (TPSA) is 13.1 Å². The Hall–Kier alpha value is -6.01. The Morgan fingerprint density at radius 1 is 0.340 bits per heavy atom. The van der Waals surface area contributed by atoms with Crippen LogP contribution < -0.4 is 15.9 Å². The third-order valence-electron chi connectivity index (χ3n) is 9.99. The molecule has 0 spiro atoms. The minimum atomic E-state index is -0.710. The highest BCUT2D eigenvalue weighted by Gasteiger charge is 2.21. The lowest BCUT2D eigenvalue weighted by Crippen LogP contribution is -2.20. The molecule has 1 aromatic heterocycles. The fourth-order valence-electron chi connectivity index (χ4n) is 7.71. The van der Waals surface area contributed by atoms with Gasteiger partial charge in [0, 0.05) is 16.3 Å². The Balaban J connectivity index is 1.18. The molecule has 0 aliphatic rings. The Morgan fingerprint density at radius 3 is 1.62 bits per heavy atom. The molecule has 1 nitrogen and oxygen atoms in total. The SMILES string of the molecule is c1ccc(P(c2ccccc2)c2cccc(-c3ccc(-c4cc5ccccc5c5c4oc4cc6ccccc6cc45)c4ccccc34)c2)cc1. The van der Waals surface area contributed by atoms with Gasteiger partial charge < -0.3 is 4.42 Å². The van der Waals surface area contributed by atoms with Crippen LogP contribution in [0.3, 0.4) is 0 Å². The van der Waals surface area contributed by atoms with Crippen molar-refractivity contribution in [3.63, 3.8) is 0 Å². The van der Waals surface area contributed by atoms with Gasteiger partial charge in [0.1, 0.15) is 11.2 Å². The summed E-state index contributed by atoms with van der Waals surface area (Å²) in [6.45, 7) is 0. The van der Waals surface area contributed by atoms with E-state index in [2.05, 4.69) is 188 Å². The van der Waals surface area contributed by atoms with E-state index in [0.717, 1.165) is 22.1 Å². The largest absolute Gasteiger partial charge is 0.455 e. The molecular weight excluding hydrogens is 624 g/mol. The van der Waals surface area contributed by atoms with Gasteiger partial charge in [-0.15, -0.1) is 0 Å². The molecular formula is C48H31OP. The summed E-state index contributed by atoms with van der Waals surface area (Å²) in [7, 11) is -0.710. The van der Waals surface area contributed by atoms with Crippen molar-refractivity contribution >= 4 is 78.1 Å². The molecule has 0 atom stereocenters. The maximum atomic E-state index is 6.85. The van der Waals surface area contributed by atoms with Gasteiger partial charge in [0.25, 0.3) is 0 Å². The molecule has 0 amide bonds. The molecule has 0 unspecified atom stereocenters.